The lowest BCUT2D eigenvalue weighted by Crippen LogP contribution is -2.18. The lowest BCUT2D eigenvalue weighted by Gasteiger charge is -2.17. The maximum atomic E-state index is 13.3. The molecule has 0 amide bonds. The van der Waals surface area contributed by atoms with Crippen LogP contribution in [-0.2, 0) is 0 Å². The molecule has 1 heterocycles. The quantitative estimate of drug-likeness (QED) is 0.859. The number of rotatable bonds is 3. The third-order valence-electron chi connectivity index (χ3n) is 2.85. The second-order valence-electron chi connectivity index (χ2n) is 3.94. The van der Waals surface area contributed by atoms with Crippen molar-refractivity contribution in [2.75, 3.05) is 7.05 Å². The number of benzene rings is 1. The first-order chi connectivity index (χ1) is 8.54. The van der Waals surface area contributed by atoms with Gasteiger partial charge in [-0.05, 0) is 37.7 Å². The number of furan rings is 1. The first-order valence-corrected chi connectivity index (χ1v) is 5.78. The molecule has 0 aliphatic rings. The molecule has 96 valence electrons. The molecule has 1 aromatic carbocycles. The van der Waals surface area contributed by atoms with Gasteiger partial charge in [0.2, 0.25) is 0 Å². The molecule has 0 bridgehead atoms. The molecular weight excluding hydrogens is 260 g/mol. The van der Waals surface area contributed by atoms with Crippen LogP contribution in [0.25, 0.3) is 0 Å². The van der Waals surface area contributed by atoms with Gasteiger partial charge in [0.15, 0.2) is 11.6 Å². The second kappa shape index (κ2) is 5.08. The van der Waals surface area contributed by atoms with E-state index in [0.717, 1.165) is 17.7 Å². The largest absolute Gasteiger partial charge is 0.469 e. The van der Waals surface area contributed by atoms with Gasteiger partial charge in [0.1, 0.15) is 5.76 Å². The first kappa shape index (κ1) is 13.1. The highest BCUT2D eigenvalue weighted by Gasteiger charge is 2.20. The molecule has 1 N–H and O–H groups in total. The van der Waals surface area contributed by atoms with E-state index in [4.69, 9.17) is 16.0 Å². The van der Waals surface area contributed by atoms with Crippen LogP contribution in [0.2, 0.25) is 5.02 Å². The Morgan fingerprint density at radius 3 is 2.44 bits per heavy atom. The van der Waals surface area contributed by atoms with E-state index in [0.29, 0.717) is 11.3 Å². The summed E-state index contributed by atoms with van der Waals surface area (Å²) in [5.41, 5.74) is 1.31. The number of nitrogens with one attached hydrogen (secondary N) is 1. The topological polar surface area (TPSA) is 25.2 Å². The zero-order valence-electron chi connectivity index (χ0n) is 9.93. The molecule has 0 saturated heterocycles. The molecule has 0 aliphatic heterocycles. The van der Waals surface area contributed by atoms with E-state index in [2.05, 4.69) is 5.32 Å². The van der Waals surface area contributed by atoms with Crippen molar-refractivity contribution in [2.24, 2.45) is 0 Å². The van der Waals surface area contributed by atoms with Crippen molar-refractivity contribution in [2.45, 2.75) is 13.0 Å². The van der Waals surface area contributed by atoms with Gasteiger partial charge in [-0.2, -0.15) is 0 Å². The van der Waals surface area contributed by atoms with E-state index in [1.807, 2.05) is 0 Å². The summed E-state index contributed by atoms with van der Waals surface area (Å²) in [4.78, 5) is 0. The van der Waals surface area contributed by atoms with Crippen LogP contribution < -0.4 is 5.32 Å². The summed E-state index contributed by atoms with van der Waals surface area (Å²) < 4.78 is 31.6. The van der Waals surface area contributed by atoms with Crippen molar-refractivity contribution in [3.63, 3.8) is 0 Å². The molecule has 0 aliphatic carbocycles. The summed E-state index contributed by atoms with van der Waals surface area (Å²) in [5, 5.41) is 3.19. The monoisotopic (exact) mass is 271 g/mol. The summed E-state index contributed by atoms with van der Waals surface area (Å²) in [6, 6.07) is 3.51. The van der Waals surface area contributed by atoms with Crippen molar-refractivity contribution in [1.82, 2.24) is 5.32 Å². The van der Waals surface area contributed by atoms with Crippen LogP contribution in [0.3, 0.4) is 0 Å². The van der Waals surface area contributed by atoms with Gasteiger partial charge in [-0.3, -0.25) is 0 Å². The van der Waals surface area contributed by atoms with Gasteiger partial charge in [0.25, 0.3) is 0 Å². The van der Waals surface area contributed by atoms with E-state index in [1.165, 1.54) is 0 Å². The SMILES string of the molecule is CNC(c1cc(F)c(F)cc1Cl)c1ccoc1C. The van der Waals surface area contributed by atoms with Gasteiger partial charge >= 0.3 is 0 Å². The van der Waals surface area contributed by atoms with E-state index >= 15 is 0 Å². The van der Waals surface area contributed by atoms with Gasteiger partial charge in [-0.15, -0.1) is 0 Å². The van der Waals surface area contributed by atoms with Crippen molar-refractivity contribution >= 4 is 11.6 Å². The summed E-state index contributed by atoms with van der Waals surface area (Å²) in [6.45, 7) is 1.80. The Morgan fingerprint density at radius 1 is 1.22 bits per heavy atom. The van der Waals surface area contributed by atoms with Crippen molar-refractivity contribution < 1.29 is 13.2 Å². The average molecular weight is 272 g/mol. The molecule has 0 spiro atoms. The maximum absolute atomic E-state index is 13.3. The third-order valence-corrected chi connectivity index (χ3v) is 3.18. The molecular formula is C13H12ClF2NO. The van der Waals surface area contributed by atoms with Crippen LogP contribution in [-0.4, -0.2) is 7.05 Å². The third kappa shape index (κ3) is 2.26. The minimum absolute atomic E-state index is 0.175. The molecule has 2 rings (SSSR count). The Bertz CT molecular complexity index is 568. The van der Waals surface area contributed by atoms with E-state index in [-0.39, 0.29) is 11.1 Å². The summed E-state index contributed by atoms with van der Waals surface area (Å²) in [6.07, 6.45) is 1.54. The van der Waals surface area contributed by atoms with Gasteiger partial charge in [0.05, 0.1) is 12.3 Å². The van der Waals surface area contributed by atoms with E-state index < -0.39 is 11.6 Å². The van der Waals surface area contributed by atoms with Crippen LogP contribution in [0.5, 0.6) is 0 Å². The Morgan fingerprint density at radius 2 is 1.89 bits per heavy atom. The molecule has 0 fully saturated rings. The van der Waals surface area contributed by atoms with Crippen LogP contribution in [0, 0.1) is 18.6 Å². The zero-order valence-corrected chi connectivity index (χ0v) is 10.7. The smallest absolute Gasteiger partial charge is 0.160 e. The highest BCUT2D eigenvalue weighted by atomic mass is 35.5. The molecule has 2 nitrogen and oxygen atoms in total. The zero-order chi connectivity index (χ0) is 13.3. The van der Waals surface area contributed by atoms with Gasteiger partial charge in [-0.1, -0.05) is 11.6 Å². The summed E-state index contributed by atoms with van der Waals surface area (Å²) in [5.74, 6) is -1.17. The standard InChI is InChI=1S/C13H12ClF2NO/c1-7-8(3-4-18-7)13(17-2)9-5-11(15)12(16)6-10(9)14/h3-6,13,17H,1-2H3. The second-order valence-corrected chi connectivity index (χ2v) is 4.35. The highest BCUT2D eigenvalue weighted by molar-refractivity contribution is 6.31. The molecule has 0 radical (unpaired) electrons. The average Bonchev–Trinajstić information content (AvgIpc) is 2.73. The molecule has 1 atom stereocenters. The van der Waals surface area contributed by atoms with E-state index in [1.54, 1.807) is 26.3 Å². The molecule has 1 unspecified atom stereocenters. The van der Waals surface area contributed by atoms with Crippen LogP contribution in [0.4, 0.5) is 8.78 Å². The fraction of sp³-hybridized carbons (Fsp3) is 0.231. The number of aryl methyl sites for hydroxylation is 1. The van der Waals surface area contributed by atoms with Crippen molar-refractivity contribution in [1.29, 1.82) is 0 Å². The Hall–Kier alpha value is -1.39. The number of halogens is 3. The normalized spacial score (nSPS) is 12.7. The molecule has 0 saturated carbocycles. The fourth-order valence-electron chi connectivity index (χ4n) is 1.93. The van der Waals surface area contributed by atoms with Crippen LogP contribution in [0.15, 0.2) is 28.9 Å². The predicted molar refractivity (Wildman–Crippen MR) is 65.7 cm³/mol. The van der Waals surface area contributed by atoms with Crippen molar-refractivity contribution in [3.05, 3.63) is 58.0 Å². The minimum atomic E-state index is -0.956. The lowest BCUT2D eigenvalue weighted by molar-refractivity contribution is 0.503. The summed E-state index contributed by atoms with van der Waals surface area (Å²) >= 11 is 5.97. The van der Waals surface area contributed by atoms with Gasteiger partial charge < -0.3 is 9.73 Å². The molecule has 2 aromatic rings. The van der Waals surface area contributed by atoms with Crippen molar-refractivity contribution in [3.8, 4) is 0 Å². The lowest BCUT2D eigenvalue weighted by atomic mass is 9.99. The molecule has 1 aromatic heterocycles. The van der Waals surface area contributed by atoms with Gasteiger partial charge in [-0.25, -0.2) is 8.78 Å². The molecule has 18 heavy (non-hydrogen) atoms. The Labute approximate surface area is 109 Å². The highest BCUT2D eigenvalue weighted by Crippen LogP contribution is 2.31. The maximum Gasteiger partial charge on any atom is 0.160 e. The Balaban J connectivity index is 2.52. The number of hydrogen-bond donors (Lipinski definition) is 1. The van der Waals surface area contributed by atoms with Crippen LogP contribution >= 0.6 is 11.6 Å². The molecule has 5 heteroatoms. The minimum Gasteiger partial charge on any atom is -0.469 e. The van der Waals surface area contributed by atoms with Gasteiger partial charge in [0, 0.05) is 10.6 Å². The number of hydrogen-bond acceptors (Lipinski definition) is 2. The Kier molecular flexibility index (Phi) is 3.68. The first-order valence-electron chi connectivity index (χ1n) is 5.40. The fourth-order valence-corrected chi connectivity index (χ4v) is 2.19. The predicted octanol–water partition coefficient (Wildman–Crippen LogP) is 3.83. The van der Waals surface area contributed by atoms with E-state index in [9.17, 15) is 8.78 Å². The van der Waals surface area contributed by atoms with Crippen LogP contribution in [0.1, 0.15) is 22.9 Å². The summed E-state index contributed by atoms with van der Waals surface area (Å²) in [7, 11) is 1.72.